The van der Waals surface area contributed by atoms with Crippen LogP contribution < -0.4 is 14.4 Å². The van der Waals surface area contributed by atoms with E-state index in [-0.39, 0.29) is 10.8 Å². The minimum Gasteiger partial charge on any atom is -0.495 e. The van der Waals surface area contributed by atoms with Crippen molar-refractivity contribution in [1.29, 1.82) is 0 Å². The molecule has 8 nitrogen and oxygen atoms in total. The van der Waals surface area contributed by atoms with E-state index in [4.69, 9.17) is 16.3 Å². The fraction of sp³-hybridized carbons (Fsp3) is 0.250. The molecule has 0 saturated heterocycles. The van der Waals surface area contributed by atoms with Crippen LogP contribution in [0.3, 0.4) is 0 Å². The van der Waals surface area contributed by atoms with E-state index < -0.39 is 22.0 Å². The van der Waals surface area contributed by atoms with Gasteiger partial charge < -0.3 is 4.74 Å². The number of sulfonamides is 1. The van der Waals surface area contributed by atoms with Gasteiger partial charge in [0, 0.05) is 10.6 Å². The number of hydrogen-bond acceptors (Lipinski definition) is 7. The predicted molar refractivity (Wildman–Crippen MR) is 124 cm³/mol. The van der Waals surface area contributed by atoms with Crippen LogP contribution in [0.4, 0.5) is 10.8 Å². The first-order valence-electron chi connectivity index (χ1n) is 9.14. The van der Waals surface area contributed by atoms with Gasteiger partial charge in [-0.3, -0.25) is 14.4 Å². The zero-order valence-electron chi connectivity index (χ0n) is 17.3. The molecule has 0 aliphatic heterocycles. The first kappa shape index (κ1) is 23.0. The predicted octanol–water partition coefficient (Wildman–Crippen LogP) is 3.97. The normalized spacial score (nSPS) is 12.3. The second kappa shape index (κ2) is 9.21. The lowest BCUT2D eigenvalue weighted by molar-refractivity contribution is -0.116. The zero-order valence-corrected chi connectivity index (χ0v) is 19.7. The lowest BCUT2D eigenvalue weighted by Crippen LogP contribution is -2.45. The number of halogens is 1. The number of amides is 1. The van der Waals surface area contributed by atoms with Crippen molar-refractivity contribution in [1.82, 2.24) is 10.2 Å². The van der Waals surface area contributed by atoms with Crippen molar-refractivity contribution in [3.8, 4) is 16.3 Å². The fourth-order valence-electron chi connectivity index (χ4n) is 2.95. The fourth-order valence-corrected chi connectivity index (χ4v) is 4.99. The summed E-state index contributed by atoms with van der Waals surface area (Å²) in [6.07, 6.45) is 1.04. The molecule has 1 atom stereocenters. The van der Waals surface area contributed by atoms with E-state index in [9.17, 15) is 13.2 Å². The number of anilines is 2. The summed E-state index contributed by atoms with van der Waals surface area (Å²) in [5, 5.41) is 12.2. The summed E-state index contributed by atoms with van der Waals surface area (Å²) in [6.45, 7) is 3.33. The van der Waals surface area contributed by atoms with Gasteiger partial charge in [0.15, 0.2) is 0 Å². The van der Waals surface area contributed by atoms with Gasteiger partial charge in [0.1, 0.15) is 16.8 Å². The molecule has 31 heavy (non-hydrogen) atoms. The van der Waals surface area contributed by atoms with Crippen LogP contribution in [0.15, 0.2) is 42.5 Å². The Morgan fingerprint density at radius 3 is 2.48 bits per heavy atom. The molecule has 164 valence electrons. The number of benzene rings is 2. The average Bonchev–Trinajstić information content (AvgIpc) is 3.16. The van der Waals surface area contributed by atoms with E-state index in [1.165, 1.54) is 25.4 Å². The van der Waals surface area contributed by atoms with Gasteiger partial charge in [0.05, 0.1) is 19.1 Å². The number of nitrogens with zero attached hydrogens (tertiary/aromatic N) is 3. The molecule has 3 rings (SSSR count). The Labute approximate surface area is 189 Å². The maximum atomic E-state index is 12.9. The lowest BCUT2D eigenvalue weighted by Gasteiger charge is -2.29. The third-order valence-electron chi connectivity index (χ3n) is 4.41. The summed E-state index contributed by atoms with van der Waals surface area (Å²) in [4.78, 5) is 12.9. The van der Waals surface area contributed by atoms with Crippen LogP contribution >= 0.6 is 22.9 Å². The Morgan fingerprint density at radius 1 is 1.19 bits per heavy atom. The van der Waals surface area contributed by atoms with Gasteiger partial charge in [-0.05, 0) is 43.7 Å². The van der Waals surface area contributed by atoms with Gasteiger partial charge >= 0.3 is 0 Å². The molecular weight excluding hydrogens is 460 g/mol. The monoisotopic (exact) mass is 480 g/mol. The number of aryl methyl sites for hydroxylation is 1. The number of nitrogens with one attached hydrogen (secondary N) is 1. The van der Waals surface area contributed by atoms with Crippen LogP contribution in [0.2, 0.25) is 5.02 Å². The molecule has 0 unspecified atom stereocenters. The lowest BCUT2D eigenvalue weighted by atomic mass is 10.2. The van der Waals surface area contributed by atoms with Crippen molar-refractivity contribution >= 4 is 49.7 Å². The maximum Gasteiger partial charge on any atom is 0.249 e. The van der Waals surface area contributed by atoms with E-state index in [0.717, 1.165) is 21.7 Å². The molecule has 0 spiro atoms. The van der Waals surface area contributed by atoms with Gasteiger partial charge in [0.25, 0.3) is 0 Å². The summed E-state index contributed by atoms with van der Waals surface area (Å²) >= 11 is 7.08. The molecule has 0 radical (unpaired) electrons. The van der Waals surface area contributed by atoms with E-state index in [0.29, 0.717) is 15.8 Å². The summed E-state index contributed by atoms with van der Waals surface area (Å²) in [6, 6.07) is 11.1. The second-order valence-corrected chi connectivity index (χ2v) is 10.1. The quantitative estimate of drug-likeness (QED) is 0.549. The minimum atomic E-state index is -3.80. The second-order valence-electron chi connectivity index (χ2n) is 6.82. The molecule has 0 bridgehead atoms. The SMILES string of the molecule is COc1ccc(C)cc1N([C@H](C)C(=O)Nc1nnc(-c2ccc(Cl)cc2)s1)S(C)(=O)=O. The Bertz CT molecular complexity index is 1200. The van der Waals surface area contributed by atoms with E-state index in [2.05, 4.69) is 15.5 Å². The Morgan fingerprint density at radius 2 is 1.87 bits per heavy atom. The summed E-state index contributed by atoms with van der Waals surface area (Å²) < 4.78 is 31.5. The highest BCUT2D eigenvalue weighted by Gasteiger charge is 2.32. The highest BCUT2D eigenvalue weighted by Crippen LogP contribution is 2.33. The molecule has 0 aliphatic rings. The Balaban J connectivity index is 1.86. The largest absolute Gasteiger partial charge is 0.495 e. The molecule has 2 aromatic carbocycles. The molecule has 1 aromatic heterocycles. The van der Waals surface area contributed by atoms with Crippen molar-refractivity contribution < 1.29 is 17.9 Å². The highest BCUT2D eigenvalue weighted by molar-refractivity contribution is 7.92. The number of ether oxygens (including phenoxy) is 1. The molecule has 0 saturated carbocycles. The van der Waals surface area contributed by atoms with Gasteiger partial charge in [-0.2, -0.15) is 0 Å². The molecule has 0 aliphatic carbocycles. The van der Waals surface area contributed by atoms with Crippen LogP contribution in [0.1, 0.15) is 12.5 Å². The number of hydrogen-bond donors (Lipinski definition) is 1. The first-order chi connectivity index (χ1) is 14.6. The molecule has 11 heteroatoms. The number of carbonyl (C=O) groups is 1. The zero-order chi connectivity index (χ0) is 22.8. The molecular formula is C20H21ClN4O4S2. The van der Waals surface area contributed by atoms with Crippen LogP contribution in [0.25, 0.3) is 10.6 Å². The number of methoxy groups -OCH3 is 1. The summed E-state index contributed by atoms with van der Waals surface area (Å²) in [5.74, 6) is -0.204. The third kappa shape index (κ3) is 5.33. The summed E-state index contributed by atoms with van der Waals surface area (Å²) in [7, 11) is -2.35. The maximum absolute atomic E-state index is 12.9. The summed E-state index contributed by atoms with van der Waals surface area (Å²) in [5.41, 5.74) is 1.92. The molecule has 1 amide bonds. The van der Waals surface area contributed by atoms with Gasteiger partial charge in [-0.15, -0.1) is 10.2 Å². The smallest absolute Gasteiger partial charge is 0.249 e. The van der Waals surface area contributed by atoms with Crippen LogP contribution in [0.5, 0.6) is 5.75 Å². The van der Waals surface area contributed by atoms with Crippen molar-refractivity contribution in [3.05, 3.63) is 53.1 Å². The van der Waals surface area contributed by atoms with Crippen molar-refractivity contribution in [2.75, 3.05) is 23.0 Å². The number of carbonyl (C=O) groups excluding carboxylic acids is 1. The third-order valence-corrected chi connectivity index (χ3v) is 6.77. The van der Waals surface area contributed by atoms with E-state index in [1.54, 1.807) is 42.5 Å². The van der Waals surface area contributed by atoms with Crippen molar-refractivity contribution in [3.63, 3.8) is 0 Å². The molecule has 0 fully saturated rings. The van der Waals surface area contributed by atoms with Gasteiger partial charge in [0.2, 0.25) is 21.1 Å². The van der Waals surface area contributed by atoms with Crippen LogP contribution in [0, 0.1) is 6.92 Å². The van der Waals surface area contributed by atoms with Crippen LogP contribution in [-0.2, 0) is 14.8 Å². The highest BCUT2D eigenvalue weighted by atomic mass is 35.5. The minimum absolute atomic E-state index is 0.256. The topological polar surface area (TPSA) is 101 Å². The van der Waals surface area contributed by atoms with Crippen LogP contribution in [-0.4, -0.2) is 43.9 Å². The van der Waals surface area contributed by atoms with E-state index >= 15 is 0 Å². The van der Waals surface area contributed by atoms with Crippen molar-refractivity contribution in [2.45, 2.75) is 19.9 Å². The molecule has 1 N–H and O–H groups in total. The van der Waals surface area contributed by atoms with Crippen molar-refractivity contribution in [2.24, 2.45) is 0 Å². The standard InChI is InChI=1S/C20H21ClN4O4S2/c1-12-5-10-17(29-3)16(11-12)25(31(4,27)28)13(2)18(26)22-20-24-23-19(30-20)14-6-8-15(21)9-7-14/h5-11,13H,1-4H3,(H,22,24,26)/t13-/m1/s1. The Kier molecular flexibility index (Phi) is 6.83. The first-order valence-corrected chi connectivity index (χ1v) is 12.2. The average molecular weight is 481 g/mol. The molecule has 3 aromatic rings. The number of rotatable bonds is 7. The van der Waals surface area contributed by atoms with Gasteiger partial charge in [-0.25, -0.2) is 8.42 Å². The molecule has 1 heterocycles. The van der Waals surface area contributed by atoms with E-state index in [1.807, 2.05) is 6.92 Å². The van der Waals surface area contributed by atoms with Gasteiger partial charge in [-0.1, -0.05) is 41.1 Å². The Hall–Kier alpha value is -2.69. The number of aromatic nitrogens is 2.